The molecule has 1 saturated carbocycles. The molecule has 3 nitrogen and oxygen atoms in total. The van der Waals surface area contributed by atoms with Crippen molar-refractivity contribution in [2.45, 2.75) is 50.8 Å². The maximum atomic E-state index is 5.84. The second-order valence-electron chi connectivity index (χ2n) is 4.77. The number of fused-ring (bicyclic) bond motifs is 1. The summed E-state index contributed by atoms with van der Waals surface area (Å²) in [4.78, 5) is 2.69. The van der Waals surface area contributed by atoms with Crippen molar-refractivity contribution in [3.63, 3.8) is 0 Å². The van der Waals surface area contributed by atoms with Crippen LogP contribution < -0.4 is 5.32 Å². The third-order valence-electron chi connectivity index (χ3n) is 3.91. The summed E-state index contributed by atoms with van der Waals surface area (Å²) in [6, 6.07) is 1.40. The summed E-state index contributed by atoms with van der Waals surface area (Å²) in [5.74, 6) is 0. The van der Waals surface area contributed by atoms with Crippen molar-refractivity contribution in [1.82, 2.24) is 10.2 Å². The van der Waals surface area contributed by atoms with Gasteiger partial charge in [0.25, 0.3) is 0 Å². The predicted octanol–water partition coefficient (Wildman–Crippen LogP) is 1.24. The van der Waals surface area contributed by atoms with Gasteiger partial charge < -0.3 is 10.1 Å². The molecule has 1 heterocycles. The van der Waals surface area contributed by atoms with Crippen molar-refractivity contribution >= 4 is 0 Å². The van der Waals surface area contributed by atoms with E-state index in [9.17, 15) is 0 Å². The number of hydrogen-bond acceptors (Lipinski definition) is 3. The van der Waals surface area contributed by atoms with E-state index in [1.165, 1.54) is 25.7 Å². The van der Waals surface area contributed by atoms with Gasteiger partial charge in [-0.1, -0.05) is 6.92 Å². The predicted molar refractivity (Wildman–Crippen MR) is 62.1 cm³/mol. The van der Waals surface area contributed by atoms with Crippen LogP contribution in [-0.4, -0.2) is 49.8 Å². The SMILES string of the molecule is CCC(CNC)N1CCOC2CCCC21. The fourth-order valence-electron chi connectivity index (χ4n) is 3.14. The molecule has 2 aliphatic rings. The molecule has 0 aromatic carbocycles. The van der Waals surface area contributed by atoms with Crippen LogP contribution in [0.15, 0.2) is 0 Å². The van der Waals surface area contributed by atoms with Crippen LogP contribution in [0.3, 0.4) is 0 Å². The normalized spacial score (nSPS) is 34.0. The van der Waals surface area contributed by atoms with Gasteiger partial charge in [-0.2, -0.15) is 0 Å². The lowest BCUT2D eigenvalue weighted by Crippen LogP contribution is -2.55. The second kappa shape index (κ2) is 5.28. The first kappa shape index (κ1) is 11.4. The van der Waals surface area contributed by atoms with Crippen molar-refractivity contribution in [2.24, 2.45) is 0 Å². The average Bonchev–Trinajstić information content (AvgIpc) is 2.73. The highest BCUT2D eigenvalue weighted by Crippen LogP contribution is 2.31. The molecule has 0 radical (unpaired) electrons. The first-order valence-electron chi connectivity index (χ1n) is 6.38. The maximum Gasteiger partial charge on any atom is 0.0731 e. The van der Waals surface area contributed by atoms with Crippen molar-refractivity contribution in [3.05, 3.63) is 0 Å². The van der Waals surface area contributed by atoms with Crippen molar-refractivity contribution < 1.29 is 4.74 Å². The quantitative estimate of drug-likeness (QED) is 0.759. The van der Waals surface area contributed by atoms with Crippen LogP contribution >= 0.6 is 0 Å². The Labute approximate surface area is 93.2 Å². The smallest absolute Gasteiger partial charge is 0.0731 e. The Morgan fingerprint density at radius 2 is 2.33 bits per heavy atom. The molecular formula is C12H24N2O. The summed E-state index contributed by atoms with van der Waals surface area (Å²) in [5.41, 5.74) is 0. The van der Waals surface area contributed by atoms with E-state index >= 15 is 0 Å². The van der Waals surface area contributed by atoms with Gasteiger partial charge in [0.05, 0.1) is 12.7 Å². The molecule has 0 aromatic rings. The Morgan fingerprint density at radius 3 is 3.07 bits per heavy atom. The largest absolute Gasteiger partial charge is 0.375 e. The minimum atomic E-state index is 0.532. The Hall–Kier alpha value is -0.120. The molecule has 15 heavy (non-hydrogen) atoms. The van der Waals surface area contributed by atoms with E-state index in [2.05, 4.69) is 24.2 Å². The monoisotopic (exact) mass is 212 g/mol. The molecule has 1 aliphatic heterocycles. The van der Waals surface area contributed by atoms with Gasteiger partial charge in [-0.25, -0.2) is 0 Å². The third kappa shape index (κ3) is 2.35. The number of rotatable bonds is 4. The zero-order valence-corrected chi connectivity index (χ0v) is 10.0. The van der Waals surface area contributed by atoms with E-state index in [0.717, 1.165) is 19.7 Å². The lowest BCUT2D eigenvalue weighted by atomic mass is 10.1. The molecule has 3 unspecified atom stereocenters. The molecule has 2 rings (SSSR count). The van der Waals surface area contributed by atoms with Crippen LogP contribution in [0.25, 0.3) is 0 Å². The van der Waals surface area contributed by atoms with Crippen LogP contribution in [0.5, 0.6) is 0 Å². The van der Waals surface area contributed by atoms with E-state index in [-0.39, 0.29) is 0 Å². The summed E-state index contributed by atoms with van der Waals surface area (Å²) in [7, 11) is 2.05. The van der Waals surface area contributed by atoms with Crippen LogP contribution in [0, 0.1) is 0 Å². The summed E-state index contributed by atoms with van der Waals surface area (Å²) in [5, 5.41) is 3.31. The zero-order chi connectivity index (χ0) is 10.7. The Kier molecular flexibility index (Phi) is 4.00. The topological polar surface area (TPSA) is 24.5 Å². The van der Waals surface area contributed by atoms with Crippen LogP contribution in [0.1, 0.15) is 32.6 Å². The molecule has 1 N–H and O–H groups in total. The van der Waals surface area contributed by atoms with Crippen molar-refractivity contribution in [2.75, 3.05) is 26.7 Å². The van der Waals surface area contributed by atoms with Gasteiger partial charge >= 0.3 is 0 Å². The molecule has 0 bridgehead atoms. The van der Waals surface area contributed by atoms with Gasteiger partial charge in [0.15, 0.2) is 0 Å². The Morgan fingerprint density at radius 1 is 1.47 bits per heavy atom. The van der Waals surface area contributed by atoms with Gasteiger partial charge in [-0.05, 0) is 32.7 Å². The lowest BCUT2D eigenvalue weighted by Gasteiger charge is -2.42. The molecule has 2 fully saturated rings. The van der Waals surface area contributed by atoms with Crippen LogP contribution in [0.2, 0.25) is 0 Å². The maximum absolute atomic E-state index is 5.84. The Balaban J connectivity index is 1.99. The number of nitrogens with zero attached hydrogens (tertiary/aromatic N) is 1. The first-order chi connectivity index (χ1) is 7.36. The van der Waals surface area contributed by atoms with E-state index < -0.39 is 0 Å². The third-order valence-corrected chi connectivity index (χ3v) is 3.91. The molecule has 3 atom stereocenters. The van der Waals surface area contributed by atoms with Crippen LogP contribution in [0.4, 0.5) is 0 Å². The van der Waals surface area contributed by atoms with Crippen LogP contribution in [-0.2, 0) is 4.74 Å². The highest BCUT2D eigenvalue weighted by atomic mass is 16.5. The standard InChI is InChI=1S/C12H24N2O/c1-3-10(9-13-2)14-7-8-15-12-6-4-5-11(12)14/h10-13H,3-9H2,1-2H3. The van der Waals surface area contributed by atoms with E-state index in [1.807, 2.05) is 0 Å². The minimum Gasteiger partial charge on any atom is -0.375 e. The summed E-state index contributed by atoms with van der Waals surface area (Å²) in [6.07, 6.45) is 5.73. The summed E-state index contributed by atoms with van der Waals surface area (Å²) < 4.78 is 5.84. The minimum absolute atomic E-state index is 0.532. The van der Waals surface area contributed by atoms with Gasteiger partial charge in [0.2, 0.25) is 0 Å². The highest BCUT2D eigenvalue weighted by Gasteiger charge is 2.38. The second-order valence-corrected chi connectivity index (χ2v) is 4.77. The Bertz CT molecular complexity index is 198. The van der Waals surface area contributed by atoms with Gasteiger partial charge in [-0.3, -0.25) is 4.90 Å². The number of morpholine rings is 1. The molecule has 88 valence electrons. The van der Waals surface area contributed by atoms with E-state index in [0.29, 0.717) is 18.2 Å². The number of nitrogens with one attached hydrogen (secondary N) is 1. The molecule has 1 saturated heterocycles. The number of likely N-dealkylation sites (N-methyl/N-ethyl adjacent to an activating group) is 1. The molecule has 3 heteroatoms. The fraction of sp³-hybridized carbons (Fsp3) is 1.00. The fourth-order valence-corrected chi connectivity index (χ4v) is 3.14. The summed E-state index contributed by atoms with van der Waals surface area (Å²) >= 11 is 0. The average molecular weight is 212 g/mol. The lowest BCUT2D eigenvalue weighted by molar-refractivity contribution is -0.0716. The first-order valence-corrected chi connectivity index (χ1v) is 6.38. The number of ether oxygens (including phenoxy) is 1. The molecule has 1 aliphatic carbocycles. The van der Waals surface area contributed by atoms with E-state index in [4.69, 9.17) is 4.74 Å². The number of hydrogen-bond donors (Lipinski definition) is 1. The molecular weight excluding hydrogens is 188 g/mol. The van der Waals surface area contributed by atoms with E-state index in [1.54, 1.807) is 0 Å². The van der Waals surface area contributed by atoms with Gasteiger partial charge in [0, 0.05) is 25.2 Å². The van der Waals surface area contributed by atoms with Crippen molar-refractivity contribution in [3.8, 4) is 0 Å². The zero-order valence-electron chi connectivity index (χ0n) is 10.0. The molecule has 0 amide bonds. The van der Waals surface area contributed by atoms with Gasteiger partial charge in [0.1, 0.15) is 0 Å². The van der Waals surface area contributed by atoms with Crippen molar-refractivity contribution in [1.29, 1.82) is 0 Å². The molecule has 0 spiro atoms. The summed E-state index contributed by atoms with van der Waals surface area (Å²) in [6.45, 7) is 5.46. The highest BCUT2D eigenvalue weighted by molar-refractivity contribution is 4.92. The van der Waals surface area contributed by atoms with Gasteiger partial charge in [-0.15, -0.1) is 0 Å². The molecule has 0 aromatic heterocycles.